The Labute approximate surface area is 200 Å². The van der Waals surface area contributed by atoms with Crippen molar-refractivity contribution >= 4 is 33.3 Å². The van der Waals surface area contributed by atoms with Crippen molar-refractivity contribution in [3.8, 4) is 0 Å². The highest BCUT2D eigenvalue weighted by Gasteiger charge is 2.56. The fourth-order valence-corrected chi connectivity index (χ4v) is 5.53. The number of nitrogens with zero attached hydrogens (tertiary/aromatic N) is 2. The van der Waals surface area contributed by atoms with Gasteiger partial charge in [0.2, 0.25) is 5.91 Å². The van der Waals surface area contributed by atoms with Crippen molar-refractivity contribution in [1.82, 2.24) is 15.2 Å². The third-order valence-electron chi connectivity index (χ3n) is 6.77. The van der Waals surface area contributed by atoms with Gasteiger partial charge in [-0.3, -0.25) is 9.59 Å². The number of benzene rings is 1. The van der Waals surface area contributed by atoms with Gasteiger partial charge in [0.1, 0.15) is 17.7 Å². The summed E-state index contributed by atoms with van der Waals surface area (Å²) in [6.07, 6.45) is 5.00. The SMILES string of the molecule is CS(=O)(=O)c1cc(C(=O)N2[C@@H](C(=O)NC(c3cc(F)c(Cl)cc3F)C3CC3)C[C@H]3C[C@H]32)ccn1. The van der Waals surface area contributed by atoms with Crippen LogP contribution in [0.2, 0.25) is 5.02 Å². The number of amides is 2. The number of carbonyl (C=O) groups excluding carboxylic acids is 2. The lowest BCUT2D eigenvalue weighted by atomic mass is 10.00. The van der Waals surface area contributed by atoms with Crippen LogP contribution in [0.4, 0.5) is 8.78 Å². The minimum Gasteiger partial charge on any atom is -0.347 e. The highest BCUT2D eigenvalue weighted by atomic mass is 35.5. The highest BCUT2D eigenvalue weighted by molar-refractivity contribution is 7.90. The van der Waals surface area contributed by atoms with E-state index in [1.807, 2.05) is 0 Å². The van der Waals surface area contributed by atoms with Crippen molar-refractivity contribution in [1.29, 1.82) is 0 Å². The summed E-state index contributed by atoms with van der Waals surface area (Å²) in [5, 5.41) is 2.29. The van der Waals surface area contributed by atoms with Gasteiger partial charge in [-0.1, -0.05) is 11.6 Å². The molecule has 2 amide bonds. The standard InChI is InChI=1S/C23H22ClF2N3O4S/c1-34(32,33)20-8-12(4-5-27-20)23(31)29-18-6-13(18)7-19(29)22(30)28-21(11-2-3-11)14-9-17(26)15(24)10-16(14)25/h4-5,8-11,13,18-19,21H,2-3,6-7H2,1H3,(H,28,30)/t13-,18-,19-,21?/m1/s1. The molecule has 2 aliphatic carbocycles. The van der Waals surface area contributed by atoms with Gasteiger partial charge >= 0.3 is 0 Å². The van der Waals surface area contributed by atoms with E-state index in [0.717, 1.165) is 37.7 Å². The summed E-state index contributed by atoms with van der Waals surface area (Å²) in [7, 11) is -3.61. The van der Waals surface area contributed by atoms with Gasteiger partial charge in [-0.2, -0.15) is 0 Å². The number of nitrogens with one attached hydrogen (secondary N) is 1. The minimum absolute atomic E-state index is 0.0309. The van der Waals surface area contributed by atoms with Crippen molar-refractivity contribution in [2.24, 2.45) is 11.8 Å². The Morgan fingerprint density at radius 3 is 2.59 bits per heavy atom. The van der Waals surface area contributed by atoms with E-state index in [-0.39, 0.29) is 39.1 Å². The highest BCUT2D eigenvalue weighted by Crippen LogP contribution is 2.49. The molecule has 1 aromatic heterocycles. The quantitative estimate of drug-likeness (QED) is 0.603. The predicted octanol–water partition coefficient (Wildman–Crippen LogP) is 3.29. The van der Waals surface area contributed by atoms with E-state index in [0.29, 0.717) is 6.42 Å². The Kier molecular flexibility index (Phi) is 5.63. The van der Waals surface area contributed by atoms with Crippen LogP contribution in [0.5, 0.6) is 0 Å². The Hall–Kier alpha value is -2.59. The molecule has 3 aliphatic rings. The summed E-state index contributed by atoms with van der Waals surface area (Å²) >= 11 is 5.68. The number of rotatable bonds is 6. The summed E-state index contributed by atoms with van der Waals surface area (Å²) in [6.45, 7) is 0. The Balaban J connectivity index is 1.40. The van der Waals surface area contributed by atoms with Crippen LogP contribution in [0.15, 0.2) is 35.5 Å². The second-order valence-corrected chi connectivity index (χ2v) is 11.7. The van der Waals surface area contributed by atoms with E-state index < -0.39 is 45.4 Å². The fraction of sp³-hybridized carbons (Fsp3) is 0.435. The Morgan fingerprint density at radius 2 is 1.91 bits per heavy atom. The molecule has 0 spiro atoms. The molecule has 5 rings (SSSR count). The second-order valence-electron chi connectivity index (χ2n) is 9.29. The number of likely N-dealkylation sites (tertiary alicyclic amines) is 1. The molecular weight excluding hydrogens is 488 g/mol. The third kappa shape index (κ3) is 4.29. The summed E-state index contributed by atoms with van der Waals surface area (Å²) in [5.41, 5.74) is 0.163. The van der Waals surface area contributed by atoms with Crippen molar-refractivity contribution in [3.63, 3.8) is 0 Å². The molecule has 2 aromatic rings. The number of carbonyl (C=O) groups is 2. The molecule has 0 radical (unpaired) electrons. The first-order valence-electron chi connectivity index (χ1n) is 11.0. The molecule has 1 saturated heterocycles. The first-order chi connectivity index (χ1) is 16.0. The molecule has 7 nitrogen and oxygen atoms in total. The molecule has 1 unspecified atom stereocenters. The molecule has 2 heterocycles. The van der Waals surface area contributed by atoms with E-state index in [1.165, 1.54) is 23.2 Å². The van der Waals surface area contributed by atoms with Gasteiger partial charge < -0.3 is 10.2 Å². The van der Waals surface area contributed by atoms with Crippen LogP contribution in [-0.4, -0.2) is 48.5 Å². The number of pyridine rings is 1. The van der Waals surface area contributed by atoms with Crippen LogP contribution in [0.1, 0.15) is 47.6 Å². The molecule has 1 aromatic carbocycles. The van der Waals surface area contributed by atoms with Crippen molar-refractivity contribution in [2.45, 2.75) is 48.8 Å². The predicted molar refractivity (Wildman–Crippen MR) is 119 cm³/mol. The number of halogens is 3. The Bertz CT molecular complexity index is 1300. The molecule has 3 fully saturated rings. The van der Waals surface area contributed by atoms with E-state index in [4.69, 9.17) is 11.6 Å². The summed E-state index contributed by atoms with van der Waals surface area (Å²) in [6, 6.07) is 2.92. The first-order valence-corrected chi connectivity index (χ1v) is 13.2. The topological polar surface area (TPSA) is 96.4 Å². The van der Waals surface area contributed by atoms with Crippen LogP contribution in [0.25, 0.3) is 0 Å². The molecule has 1 aliphatic heterocycles. The van der Waals surface area contributed by atoms with Crippen molar-refractivity contribution in [2.75, 3.05) is 6.26 Å². The average molecular weight is 510 g/mol. The monoisotopic (exact) mass is 509 g/mol. The maximum absolute atomic E-state index is 14.6. The molecule has 34 heavy (non-hydrogen) atoms. The van der Waals surface area contributed by atoms with Gasteiger partial charge in [0.25, 0.3) is 5.91 Å². The minimum atomic E-state index is -3.61. The van der Waals surface area contributed by atoms with E-state index in [9.17, 15) is 26.8 Å². The molecule has 180 valence electrons. The van der Waals surface area contributed by atoms with E-state index in [1.54, 1.807) is 0 Å². The molecule has 4 atom stereocenters. The van der Waals surface area contributed by atoms with Crippen LogP contribution in [-0.2, 0) is 14.6 Å². The lowest BCUT2D eigenvalue weighted by molar-refractivity contribution is -0.126. The van der Waals surface area contributed by atoms with Gasteiger partial charge in [-0.25, -0.2) is 22.2 Å². The van der Waals surface area contributed by atoms with Crippen LogP contribution in [0, 0.1) is 23.5 Å². The largest absolute Gasteiger partial charge is 0.347 e. The third-order valence-corrected chi connectivity index (χ3v) is 8.04. The second kappa shape index (κ2) is 8.27. The van der Waals surface area contributed by atoms with Crippen LogP contribution < -0.4 is 5.32 Å². The summed E-state index contributed by atoms with van der Waals surface area (Å²) in [5.74, 6) is -2.21. The zero-order chi connectivity index (χ0) is 24.4. The number of fused-ring (bicyclic) bond motifs is 1. The zero-order valence-corrected chi connectivity index (χ0v) is 19.7. The molecule has 11 heteroatoms. The normalized spacial score (nSPS) is 24.5. The van der Waals surface area contributed by atoms with Crippen molar-refractivity contribution in [3.05, 3.63) is 58.2 Å². The van der Waals surface area contributed by atoms with Gasteiger partial charge in [0.15, 0.2) is 14.9 Å². The number of sulfone groups is 1. The lowest BCUT2D eigenvalue weighted by Gasteiger charge is -2.29. The van der Waals surface area contributed by atoms with Crippen molar-refractivity contribution < 1.29 is 26.8 Å². The van der Waals surface area contributed by atoms with E-state index in [2.05, 4.69) is 10.3 Å². The maximum atomic E-state index is 14.6. The van der Waals surface area contributed by atoms with E-state index >= 15 is 0 Å². The van der Waals surface area contributed by atoms with Gasteiger partial charge in [-0.15, -0.1) is 0 Å². The molecular formula is C23H22ClF2N3O4S. The number of hydrogen-bond acceptors (Lipinski definition) is 5. The fourth-order valence-electron chi connectivity index (χ4n) is 4.78. The van der Waals surface area contributed by atoms with Crippen LogP contribution in [0.3, 0.4) is 0 Å². The van der Waals surface area contributed by atoms with Gasteiger partial charge in [0.05, 0.1) is 11.1 Å². The number of hydrogen-bond donors (Lipinski definition) is 1. The number of aromatic nitrogens is 1. The molecule has 2 saturated carbocycles. The van der Waals surface area contributed by atoms with Gasteiger partial charge in [-0.05, 0) is 61.8 Å². The number of piperidine rings is 1. The van der Waals surface area contributed by atoms with Crippen LogP contribution >= 0.6 is 11.6 Å². The molecule has 1 N–H and O–H groups in total. The zero-order valence-electron chi connectivity index (χ0n) is 18.2. The summed E-state index contributed by atoms with van der Waals surface area (Å²) < 4.78 is 52.4. The van der Waals surface area contributed by atoms with Gasteiger partial charge in [0, 0.05) is 29.6 Å². The lowest BCUT2D eigenvalue weighted by Crippen LogP contribution is -2.49. The maximum Gasteiger partial charge on any atom is 0.254 e. The molecule has 0 bridgehead atoms. The average Bonchev–Trinajstić information content (AvgIpc) is 3.72. The summed E-state index contributed by atoms with van der Waals surface area (Å²) in [4.78, 5) is 31.9. The first kappa shape index (κ1) is 23.2. The smallest absolute Gasteiger partial charge is 0.254 e. The Morgan fingerprint density at radius 1 is 1.18 bits per heavy atom.